The molecule has 0 spiro atoms. The summed E-state index contributed by atoms with van der Waals surface area (Å²) in [5.74, 6) is 1.01. The smallest absolute Gasteiger partial charge is 0.309 e. The molecule has 1 aliphatic rings. The molecule has 0 saturated carbocycles. The third kappa shape index (κ3) is 1.42. The summed E-state index contributed by atoms with van der Waals surface area (Å²) in [6.45, 7) is 2.50. The molecule has 1 aliphatic heterocycles. The first kappa shape index (κ1) is 10.0. The molecule has 0 amide bonds. The predicted octanol–water partition coefficient (Wildman–Crippen LogP) is 1.09. The van der Waals surface area contributed by atoms with E-state index in [0.29, 0.717) is 5.69 Å². The van der Waals surface area contributed by atoms with Gasteiger partial charge in [-0.2, -0.15) is 5.10 Å². The van der Waals surface area contributed by atoms with Gasteiger partial charge in [0, 0.05) is 25.4 Å². The molecule has 2 aromatic rings. The quantitative estimate of drug-likeness (QED) is 0.574. The average Bonchev–Trinajstić information content (AvgIpc) is 2.88. The molecular weight excluding hydrogens is 222 g/mol. The molecule has 0 saturated heterocycles. The van der Waals surface area contributed by atoms with Crippen LogP contribution in [-0.2, 0) is 13.0 Å². The number of hydrogen-bond acceptors (Lipinski definition) is 4. The van der Waals surface area contributed by atoms with Gasteiger partial charge in [0.2, 0.25) is 0 Å². The van der Waals surface area contributed by atoms with E-state index in [1.807, 2.05) is 6.20 Å². The number of rotatable bonds is 2. The van der Waals surface area contributed by atoms with Crippen LogP contribution in [0.4, 0.5) is 5.69 Å². The second-order valence-electron chi connectivity index (χ2n) is 4.17. The van der Waals surface area contributed by atoms with Gasteiger partial charge in [0.05, 0.1) is 11.0 Å². The van der Waals surface area contributed by atoms with Gasteiger partial charge in [-0.15, -0.1) is 0 Å². The lowest BCUT2D eigenvalue weighted by Gasteiger charge is -2.10. The van der Waals surface area contributed by atoms with Gasteiger partial charge in [-0.05, 0) is 6.92 Å². The van der Waals surface area contributed by atoms with Crippen LogP contribution in [0.1, 0.15) is 17.6 Å². The number of nitrogens with zero attached hydrogens (tertiary/aromatic N) is 5. The van der Waals surface area contributed by atoms with Gasteiger partial charge in [0.15, 0.2) is 0 Å². The van der Waals surface area contributed by atoms with Crippen molar-refractivity contribution in [3.8, 4) is 0 Å². The highest BCUT2D eigenvalue weighted by atomic mass is 16.6. The lowest BCUT2D eigenvalue weighted by molar-refractivity contribution is -0.385. The van der Waals surface area contributed by atoms with Crippen molar-refractivity contribution in [1.82, 2.24) is 19.3 Å². The third-order valence-corrected chi connectivity index (χ3v) is 3.19. The Morgan fingerprint density at radius 3 is 3.06 bits per heavy atom. The molecule has 0 bridgehead atoms. The van der Waals surface area contributed by atoms with Crippen LogP contribution in [0.15, 0.2) is 18.6 Å². The van der Waals surface area contributed by atoms with E-state index in [1.165, 1.54) is 6.20 Å². The fourth-order valence-corrected chi connectivity index (χ4v) is 2.32. The second kappa shape index (κ2) is 3.41. The number of hydrogen-bond donors (Lipinski definition) is 0. The molecular formula is C10H11N5O2. The van der Waals surface area contributed by atoms with Crippen molar-refractivity contribution < 1.29 is 4.92 Å². The summed E-state index contributed by atoms with van der Waals surface area (Å²) in [6.07, 6.45) is 5.77. The Morgan fingerprint density at radius 1 is 1.59 bits per heavy atom. The Bertz CT molecular complexity index is 565. The first-order chi connectivity index (χ1) is 8.16. The molecule has 3 heterocycles. The van der Waals surface area contributed by atoms with Gasteiger partial charge in [-0.25, -0.2) is 4.98 Å². The maximum absolute atomic E-state index is 10.8. The van der Waals surface area contributed by atoms with E-state index < -0.39 is 4.92 Å². The van der Waals surface area contributed by atoms with Gasteiger partial charge >= 0.3 is 5.69 Å². The summed E-state index contributed by atoms with van der Waals surface area (Å²) in [4.78, 5) is 14.6. The minimum Gasteiger partial charge on any atom is -0.333 e. The fraction of sp³-hybridized carbons (Fsp3) is 0.400. The van der Waals surface area contributed by atoms with Gasteiger partial charge in [0.25, 0.3) is 0 Å². The van der Waals surface area contributed by atoms with Gasteiger partial charge in [-0.1, -0.05) is 0 Å². The zero-order valence-corrected chi connectivity index (χ0v) is 9.28. The van der Waals surface area contributed by atoms with Crippen molar-refractivity contribution in [2.45, 2.75) is 25.9 Å². The van der Waals surface area contributed by atoms with Gasteiger partial charge < -0.3 is 4.57 Å². The molecule has 0 aromatic carbocycles. The largest absolute Gasteiger partial charge is 0.333 e. The topological polar surface area (TPSA) is 78.8 Å². The van der Waals surface area contributed by atoms with Crippen molar-refractivity contribution in [1.29, 1.82) is 0 Å². The van der Waals surface area contributed by atoms with Crippen molar-refractivity contribution in [2.75, 3.05) is 0 Å². The number of nitro groups is 1. The SMILES string of the molecule is Cc1c([N+](=O)[O-])cnn1C1Cc2nccn2C1. The predicted molar refractivity (Wildman–Crippen MR) is 58.6 cm³/mol. The maximum Gasteiger partial charge on any atom is 0.309 e. The number of aromatic nitrogens is 4. The molecule has 17 heavy (non-hydrogen) atoms. The van der Waals surface area contributed by atoms with Crippen molar-refractivity contribution in [2.24, 2.45) is 0 Å². The molecule has 1 atom stereocenters. The lowest BCUT2D eigenvalue weighted by atomic mass is 10.2. The molecule has 0 aliphatic carbocycles. The molecule has 88 valence electrons. The fourth-order valence-electron chi connectivity index (χ4n) is 2.32. The van der Waals surface area contributed by atoms with E-state index in [-0.39, 0.29) is 11.7 Å². The summed E-state index contributed by atoms with van der Waals surface area (Å²) in [6, 6.07) is 0.132. The molecule has 7 nitrogen and oxygen atoms in total. The van der Waals surface area contributed by atoms with E-state index in [4.69, 9.17) is 0 Å². The Balaban J connectivity index is 1.92. The van der Waals surface area contributed by atoms with Crippen LogP contribution in [0.25, 0.3) is 0 Å². The molecule has 0 N–H and O–H groups in total. The summed E-state index contributed by atoms with van der Waals surface area (Å²) in [5, 5.41) is 14.9. The normalized spacial score (nSPS) is 18.3. The van der Waals surface area contributed by atoms with Crippen molar-refractivity contribution >= 4 is 5.69 Å². The molecule has 1 unspecified atom stereocenters. The Morgan fingerprint density at radius 2 is 2.41 bits per heavy atom. The first-order valence-corrected chi connectivity index (χ1v) is 5.35. The van der Waals surface area contributed by atoms with Gasteiger partial charge in [0.1, 0.15) is 17.7 Å². The van der Waals surface area contributed by atoms with E-state index in [2.05, 4.69) is 14.6 Å². The Kier molecular flexibility index (Phi) is 2.01. The average molecular weight is 233 g/mol. The van der Waals surface area contributed by atoms with Crippen LogP contribution < -0.4 is 0 Å². The van der Waals surface area contributed by atoms with E-state index in [0.717, 1.165) is 18.8 Å². The van der Waals surface area contributed by atoms with E-state index in [9.17, 15) is 10.1 Å². The van der Waals surface area contributed by atoms with Crippen LogP contribution >= 0.6 is 0 Å². The van der Waals surface area contributed by atoms with Crippen LogP contribution in [-0.4, -0.2) is 24.3 Å². The maximum atomic E-state index is 10.8. The minimum atomic E-state index is -0.397. The Labute approximate surface area is 96.8 Å². The highest BCUT2D eigenvalue weighted by molar-refractivity contribution is 5.32. The summed E-state index contributed by atoms with van der Waals surface area (Å²) in [7, 11) is 0. The lowest BCUT2D eigenvalue weighted by Crippen LogP contribution is -2.13. The highest BCUT2D eigenvalue weighted by Gasteiger charge is 2.27. The number of fused-ring (bicyclic) bond motifs is 1. The molecule has 3 rings (SSSR count). The van der Waals surface area contributed by atoms with Crippen LogP contribution in [0, 0.1) is 17.0 Å². The zero-order chi connectivity index (χ0) is 12.0. The van der Waals surface area contributed by atoms with Crippen LogP contribution in [0.3, 0.4) is 0 Å². The van der Waals surface area contributed by atoms with Crippen LogP contribution in [0.2, 0.25) is 0 Å². The standard InChI is InChI=1S/C10H11N5O2/c1-7-9(15(16)17)5-12-14(7)8-4-10-11-2-3-13(10)6-8/h2-3,5,8H,4,6H2,1H3. The zero-order valence-electron chi connectivity index (χ0n) is 9.28. The number of imidazole rings is 1. The summed E-state index contributed by atoms with van der Waals surface area (Å²) in [5.41, 5.74) is 0.681. The molecule has 2 aromatic heterocycles. The van der Waals surface area contributed by atoms with Crippen molar-refractivity contribution in [3.05, 3.63) is 40.2 Å². The third-order valence-electron chi connectivity index (χ3n) is 3.19. The van der Waals surface area contributed by atoms with E-state index >= 15 is 0 Å². The van der Waals surface area contributed by atoms with Crippen molar-refractivity contribution in [3.63, 3.8) is 0 Å². The second-order valence-corrected chi connectivity index (χ2v) is 4.17. The van der Waals surface area contributed by atoms with Gasteiger partial charge in [-0.3, -0.25) is 14.8 Å². The summed E-state index contributed by atoms with van der Waals surface area (Å²) < 4.78 is 3.78. The van der Waals surface area contributed by atoms with E-state index in [1.54, 1.807) is 17.8 Å². The van der Waals surface area contributed by atoms with Crippen LogP contribution in [0.5, 0.6) is 0 Å². The Hall–Kier alpha value is -2.18. The highest BCUT2D eigenvalue weighted by Crippen LogP contribution is 2.27. The minimum absolute atomic E-state index is 0.0783. The molecule has 7 heteroatoms. The first-order valence-electron chi connectivity index (χ1n) is 5.35. The molecule has 0 fully saturated rings. The summed E-state index contributed by atoms with van der Waals surface area (Å²) >= 11 is 0. The monoisotopic (exact) mass is 233 g/mol. The molecule has 0 radical (unpaired) electrons.